The summed E-state index contributed by atoms with van der Waals surface area (Å²) in [6.07, 6.45) is 1.06. The second-order valence-electron chi connectivity index (χ2n) is 6.18. The summed E-state index contributed by atoms with van der Waals surface area (Å²) in [5.41, 5.74) is 9.43. The van der Waals surface area contributed by atoms with Crippen LogP contribution in [0.15, 0.2) is 48.5 Å². The number of nitrogen functional groups attached to an aromatic ring is 1. The van der Waals surface area contributed by atoms with E-state index in [1.165, 1.54) is 5.56 Å². The minimum Gasteiger partial charge on any atom is -0.399 e. The van der Waals surface area contributed by atoms with Crippen molar-refractivity contribution < 1.29 is 4.79 Å². The van der Waals surface area contributed by atoms with Crippen LogP contribution >= 0.6 is 0 Å². The minimum atomic E-state index is -0.200. The molecule has 0 heterocycles. The second-order valence-corrected chi connectivity index (χ2v) is 6.18. The Bertz CT molecular complexity index is 632. The summed E-state index contributed by atoms with van der Waals surface area (Å²) >= 11 is 0. The molecule has 1 atom stereocenters. The van der Waals surface area contributed by atoms with Gasteiger partial charge in [0.1, 0.15) is 0 Å². The van der Waals surface area contributed by atoms with Crippen LogP contribution in [0.4, 0.5) is 11.4 Å². The number of anilines is 2. The third-order valence-corrected chi connectivity index (χ3v) is 3.67. The van der Waals surface area contributed by atoms with E-state index in [9.17, 15) is 4.79 Å². The molecule has 0 saturated heterocycles. The summed E-state index contributed by atoms with van der Waals surface area (Å²) in [6, 6.07) is 15.5. The monoisotopic (exact) mass is 296 g/mol. The average molecular weight is 296 g/mol. The van der Waals surface area contributed by atoms with Gasteiger partial charge in [-0.2, -0.15) is 0 Å². The van der Waals surface area contributed by atoms with Crippen molar-refractivity contribution in [2.75, 3.05) is 11.1 Å². The number of carbonyl (C=O) groups is 1. The number of amides is 1. The van der Waals surface area contributed by atoms with E-state index in [-0.39, 0.29) is 11.8 Å². The molecule has 0 radical (unpaired) electrons. The van der Waals surface area contributed by atoms with Crippen molar-refractivity contribution >= 4 is 17.3 Å². The molecule has 2 aromatic carbocycles. The van der Waals surface area contributed by atoms with Crippen LogP contribution in [0.3, 0.4) is 0 Å². The zero-order valence-electron chi connectivity index (χ0n) is 13.5. The maximum Gasteiger partial charge on any atom is 0.231 e. The Kier molecular flexibility index (Phi) is 5.21. The summed E-state index contributed by atoms with van der Waals surface area (Å²) < 4.78 is 0. The van der Waals surface area contributed by atoms with E-state index in [4.69, 9.17) is 5.73 Å². The zero-order chi connectivity index (χ0) is 16.1. The topological polar surface area (TPSA) is 55.1 Å². The van der Waals surface area contributed by atoms with Crippen LogP contribution in [-0.2, 0) is 11.2 Å². The van der Waals surface area contributed by atoms with E-state index < -0.39 is 0 Å². The zero-order valence-corrected chi connectivity index (χ0v) is 13.5. The fraction of sp³-hybridized carbons (Fsp3) is 0.316. The van der Waals surface area contributed by atoms with Gasteiger partial charge in [-0.3, -0.25) is 4.79 Å². The van der Waals surface area contributed by atoms with Crippen molar-refractivity contribution in [1.29, 1.82) is 0 Å². The quantitative estimate of drug-likeness (QED) is 0.812. The molecule has 0 fully saturated rings. The number of nitrogens with one attached hydrogen (secondary N) is 1. The highest BCUT2D eigenvalue weighted by Gasteiger charge is 2.15. The van der Waals surface area contributed by atoms with E-state index in [1.54, 1.807) is 12.1 Å². The number of hydrogen-bond acceptors (Lipinski definition) is 2. The molecule has 3 N–H and O–H groups in total. The first kappa shape index (κ1) is 16.1. The highest BCUT2D eigenvalue weighted by molar-refractivity contribution is 5.95. The lowest BCUT2D eigenvalue weighted by Crippen LogP contribution is -2.18. The molecular formula is C19H24N2O. The van der Waals surface area contributed by atoms with Crippen molar-refractivity contribution in [2.24, 2.45) is 5.92 Å². The van der Waals surface area contributed by atoms with Gasteiger partial charge in [0.05, 0.1) is 5.92 Å². The number of hydrogen-bond donors (Lipinski definition) is 2. The summed E-state index contributed by atoms with van der Waals surface area (Å²) in [6.45, 7) is 6.32. The standard InChI is InChI=1S/C19H24N2O/c1-13(2)11-15-7-9-16(10-8-15)14(3)19(22)21-18-6-4-5-17(20)12-18/h4-10,12-14H,11,20H2,1-3H3,(H,21,22). The van der Waals surface area contributed by atoms with Crippen LogP contribution in [0.2, 0.25) is 0 Å². The minimum absolute atomic E-state index is 0.0257. The summed E-state index contributed by atoms with van der Waals surface area (Å²) in [4.78, 5) is 12.3. The van der Waals surface area contributed by atoms with Gasteiger partial charge in [0.25, 0.3) is 0 Å². The second kappa shape index (κ2) is 7.12. The fourth-order valence-electron chi connectivity index (χ4n) is 2.43. The fourth-order valence-corrected chi connectivity index (χ4v) is 2.43. The first-order valence-corrected chi connectivity index (χ1v) is 7.71. The van der Waals surface area contributed by atoms with E-state index >= 15 is 0 Å². The molecule has 0 aliphatic heterocycles. The summed E-state index contributed by atoms with van der Waals surface area (Å²) in [5, 5.41) is 2.91. The van der Waals surface area contributed by atoms with Gasteiger partial charge in [-0.05, 0) is 48.6 Å². The molecule has 1 amide bonds. The van der Waals surface area contributed by atoms with Gasteiger partial charge in [-0.25, -0.2) is 0 Å². The lowest BCUT2D eigenvalue weighted by molar-refractivity contribution is -0.117. The van der Waals surface area contributed by atoms with E-state index in [0.29, 0.717) is 11.6 Å². The van der Waals surface area contributed by atoms with Crippen LogP contribution in [0, 0.1) is 5.92 Å². The SMILES string of the molecule is CC(C)Cc1ccc(C(C)C(=O)Nc2cccc(N)c2)cc1. The Morgan fingerprint density at radius 3 is 2.36 bits per heavy atom. The molecule has 3 nitrogen and oxygen atoms in total. The first-order valence-electron chi connectivity index (χ1n) is 7.71. The van der Waals surface area contributed by atoms with Crippen LogP contribution in [0.25, 0.3) is 0 Å². The Labute approximate surface area is 132 Å². The predicted molar refractivity (Wildman–Crippen MR) is 92.9 cm³/mol. The molecule has 0 aliphatic rings. The molecule has 22 heavy (non-hydrogen) atoms. The van der Waals surface area contributed by atoms with Gasteiger partial charge in [0.15, 0.2) is 0 Å². The average Bonchev–Trinajstić information content (AvgIpc) is 2.46. The van der Waals surface area contributed by atoms with Gasteiger partial charge >= 0.3 is 0 Å². The Morgan fingerprint density at radius 2 is 1.77 bits per heavy atom. The number of benzene rings is 2. The number of rotatable bonds is 5. The maximum absolute atomic E-state index is 12.3. The maximum atomic E-state index is 12.3. The van der Waals surface area contributed by atoms with Crippen molar-refractivity contribution in [3.8, 4) is 0 Å². The van der Waals surface area contributed by atoms with Gasteiger partial charge in [0.2, 0.25) is 5.91 Å². The predicted octanol–water partition coefficient (Wildman–Crippen LogP) is 4.21. The molecule has 0 bridgehead atoms. The molecule has 2 rings (SSSR count). The summed E-state index contributed by atoms with van der Waals surface area (Å²) in [7, 11) is 0. The van der Waals surface area contributed by atoms with Crippen LogP contribution < -0.4 is 11.1 Å². The molecule has 0 spiro atoms. The van der Waals surface area contributed by atoms with Gasteiger partial charge in [0, 0.05) is 11.4 Å². The third kappa shape index (κ3) is 4.35. The van der Waals surface area contributed by atoms with Crippen molar-refractivity contribution in [2.45, 2.75) is 33.1 Å². The van der Waals surface area contributed by atoms with Gasteiger partial charge in [-0.15, -0.1) is 0 Å². The lowest BCUT2D eigenvalue weighted by atomic mass is 9.96. The first-order chi connectivity index (χ1) is 10.5. The van der Waals surface area contributed by atoms with Crippen LogP contribution in [-0.4, -0.2) is 5.91 Å². The third-order valence-electron chi connectivity index (χ3n) is 3.67. The Balaban J connectivity index is 2.03. The molecule has 3 heteroatoms. The molecular weight excluding hydrogens is 272 g/mol. The number of nitrogens with two attached hydrogens (primary N) is 1. The molecule has 116 valence electrons. The number of carbonyl (C=O) groups excluding carboxylic acids is 1. The van der Waals surface area contributed by atoms with Crippen LogP contribution in [0.5, 0.6) is 0 Å². The van der Waals surface area contributed by atoms with Crippen molar-refractivity contribution in [3.05, 3.63) is 59.7 Å². The van der Waals surface area contributed by atoms with Crippen molar-refractivity contribution in [1.82, 2.24) is 0 Å². The van der Waals surface area contributed by atoms with Crippen LogP contribution in [0.1, 0.15) is 37.8 Å². The molecule has 0 aliphatic carbocycles. The van der Waals surface area contributed by atoms with Gasteiger partial charge < -0.3 is 11.1 Å². The van der Waals surface area contributed by atoms with Crippen molar-refractivity contribution in [3.63, 3.8) is 0 Å². The van der Waals surface area contributed by atoms with Gasteiger partial charge in [-0.1, -0.05) is 44.2 Å². The highest BCUT2D eigenvalue weighted by atomic mass is 16.1. The molecule has 1 unspecified atom stereocenters. The molecule has 0 aromatic heterocycles. The lowest BCUT2D eigenvalue weighted by Gasteiger charge is -2.14. The largest absolute Gasteiger partial charge is 0.399 e. The smallest absolute Gasteiger partial charge is 0.231 e. The van der Waals surface area contributed by atoms with E-state index in [1.807, 2.05) is 31.2 Å². The van der Waals surface area contributed by atoms with E-state index in [2.05, 4.69) is 31.3 Å². The normalized spacial score (nSPS) is 12.2. The molecule has 2 aromatic rings. The Hall–Kier alpha value is -2.29. The molecule has 0 saturated carbocycles. The summed E-state index contributed by atoms with van der Waals surface area (Å²) in [5.74, 6) is 0.409. The highest BCUT2D eigenvalue weighted by Crippen LogP contribution is 2.20. The van der Waals surface area contributed by atoms with E-state index in [0.717, 1.165) is 17.7 Å². The Morgan fingerprint density at radius 1 is 1.09 bits per heavy atom.